The first-order valence-corrected chi connectivity index (χ1v) is 12.5. The third-order valence-corrected chi connectivity index (χ3v) is 8.37. The molecule has 0 bridgehead atoms. The molecular weight excluding hydrogens is 460 g/mol. The molecule has 0 fully saturated rings. The van der Waals surface area contributed by atoms with Gasteiger partial charge in [0.05, 0.1) is 11.8 Å². The van der Waals surface area contributed by atoms with Crippen LogP contribution >= 0.6 is 0 Å². The summed E-state index contributed by atoms with van der Waals surface area (Å²) < 4.78 is 0. The second kappa shape index (κ2) is 8.78. The average molecular weight is 495 g/mol. The molecule has 0 spiro atoms. The van der Waals surface area contributed by atoms with Gasteiger partial charge in [0, 0.05) is 38.8 Å². The standard InChI is InChI=1S/C30H34N6O/c1-15-16(2)23(34-22(15)10-21-12-29(7,8)30(9,14-32)36-21)11-24-17(3)18(4)27(35-24)28(37)26-19(5)25(13-31)33-20(26)6/h10-11,33-35H,12H2,1-9H3/b22-10-,23-11-/t30-/m1/s1. The monoisotopic (exact) mass is 494 g/mol. The molecule has 0 aliphatic carbocycles. The van der Waals surface area contributed by atoms with Crippen LogP contribution in [0.1, 0.15) is 88.1 Å². The number of ketones is 1. The van der Waals surface area contributed by atoms with E-state index >= 15 is 0 Å². The minimum atomic E-state index is -0.741. The largest absolute Gasteiger partial charge is 0.355 e. The molecule has 3 N–H and O–H groups in total. The van der Waals surface area contributed by atoms with Gasteiger partial charge in [0.15, 0.2) is 0 Å². The van der Waals surface area contributed by atoms with Gasteiger partial charge in [0.25, 0.3) is 0 Å². The van der Waals surface area contributed by atoms with E-state index in [9.17, 15) is 15.3 Å². The summed E-state index contributed by atoms with van der Waals surface area (Å²) in [5.41, 5.74) is 7.78. The zero-order chi connectivity index (χ0) is 27.4. The molecule has 3 aromatic heterocycles. The average Bonchev–Trinajstić information content (AvgIpc) is 3.46. The fourth-order valence-corrected chi connectivity index (χ4v) is 5.11. The molecule has 1 atom stereocenters. The highest BCUT2D eigenvalue weighted by atomic mass is 16.1. The van der Waals surface area contributed by atoms with Crippen LogP contribution in [0.25, 0.3) is 12.2 Å². The van der Waals surface area contributed by atoms with Gasteiger partial charge < -0.3 is 15.0 Å². The van der Waals surface area contributed by atoms with E-state index in [0.717, 1.165) is 50.8 Å². The normalized spacial score (nSPS) is 19.7. The van der Waals surface area contributed by atoms with E-state index in [2.05, 4.69) is 60.9 Å². The fourth-order valence-electron chi connectivity index (χ4n) is 5.11. The lowest BCUT2D eigenvalue weighted by Gasteiger charge is -2.29. The van der Waals surface area contributed by atoms with Gasteiger partial charge in [-0.3, -0.25) is 9.79 Å². The Bertz CT molecular complexity index is 1690. The van der Waals surface area contributed by atoms with Crippen LogP contribution in [0, 0.1) is 69.6 Å². The Balaban J connectivity index is 1.78. The highest BCUT2D eigenvalue weighted by Crippen LogP contribution is 2.42. The number of aromatic nitrogens is 3. The van der Waals surface area contributed by atoms with Crippen molar-refractivity contribution in [2.24, 2.45) is 10.4 Å². The zero-order valence-electron chi connectivity index (χ0n) is 23.1. The first kappa shape index (κ1) is 26.0. The number of hydrogen-bond donors (Lipinski definition) is 3. The highest BCUT2D eigenvalue weighted by molar-refractivity contribution is 6.12. The van der Waals surface area contributed by atoms with Crippen molar-refractivity contribution in [1.82, 2.24) is 15.0 Å². The van der Waals surface area contributed by atoms with E-state index in [-0.39, 0.29) is 11.2 Å². The van der Waals surface area contributed by atoms with Gasteiger partial charge in [-0.1, -0.05) is 13.8 Å². The maximum atomic E-state index is 13.5. The summed E-state index contributed by atoms with van der Waals surface area (Å²) in [6, 6.07) is 4.51. The Kier molecular flexibility index (Phi) is 6.16. The van der Waals surface area contributed by atoms with Crippen LogP contribution in [0.15, 0.2) is 4.99 Å². The Morgan fingerprint density at radius 3 is 2.03 bits per heavy atom. The summed E-state index contributed by atoms with van der Waals surface area (Å²) in [4.78, 5) is 28.1. The SMILES string of the molecule is Cc1[nH]c(C#N)c(C)c1C(=O)c1[nH]c(/C=c2\[nH]/c(=C\C3=N[C@](C)(C#N)C(C)(C)C3)c(C)c2C)c(C)c1C. The second-order valence-electron chi connectivity index (χ2n) is 11.1. The van der Waals surface area contributed by atoms with E-state index < -0.39 is 5.54 Å². The van der Waals surface area contributed by atoms with Gasteiger partial charge in [0.1, 0.15) is 17.3 Å². The van der Waals surface area contributed by atoms with E-state index in [1.807, 2.05) is 33.8 Å². The molecule has 190 valence electrons. The number of hydrogen-bond acceptors (Lipinski definition) is 4. The molecule has 0 unspecified atom stereocenters. The molecule has 0 aromatic carbocycles. The number of aromatic amines is 3. The van der Waals surface area contributed by atoms with Crippen molar-refractivity contribution >= 4 is 23.6 Å². The lowest BCUT2D eigenvalue weighted by molar-refractivity contribution is 0.103. The van der Waals surface area contributed by atoms with Crippen LogP contribution in [0.2, 0.25) is 0 Å². The van der Waals surface area contributed by atoms with Gasteiger partial charge in [-0.15, -0.1) is 0 Å². The number of H-pyrrole nitrogens is 3. The molecule has 4 heterocycles. The van der Waals surface area contributed by atoms with Crippen LogP contribution < -0.4 is 10.7 Å². The Morgan fingerprint density at radius 2 is 1.49 bits per heavy atom. The van der Waals surface area contributed by atoms with Crippen molar-refractivity contribution < 1.29 is 4.79 Å². The van der Waals surface area contributed by atoms with E-state index in [0.29, 0.717) is 28.2 Å². The third-order valence-electron chi connectivity index (χ3n) is 8.37. The molecule has 1 aliphatic heterocycles. The molecule has 1 aliphatic rings. The van der Waals surface area contributed by atoms with Gasteiger partial charge in [0.2, 0.25) is 5.78 Å². The number of aliphatic imine (C=N–C) groups is 1. The van der Waals surface area contributed by atoms with Gasteiger partial charge in [-0.2, -0.15) is 10.5 Å². The summed E-state index contributed by atoms with van der Waals surface area (Å²) >= 11 is 0. The van der Waals surface area contributed by atoms with Gasteiger partial charge in [-0.05, 0) is 94.9 Å². The summed E-state index contributed by atoms with van der Waals surface area (Å²) in [6.45, 7) is 17.8. The number of rotatable bonds is 4. The van der Waals surface area contributed by atoms with Crippen molar-refractivity contribution in [3.8, 4) is 12.1 Å². The summed E-state index contributed by atoms with van der Waals surface area (Å²) in [5.74, 6) is -0.121. The number of carbonyl (C=O) groups excluding carboxylic acids is 1. The van der Waals surface area contributed by atoms with Crippen molar-refractivity contribution in [3.63, 3.8) is 0 Å². The van der Waals surface area contributed by atoms with Gasteiger partial charge >= 0.3 is 0 Å². The van der Waals surface area contributed by atoms with Crippen LogP contribution in [0.3, 0.4) is 0 Å². The first-order chi connectivity index (χ1) is 17.2. The minimum absolute atomic E-state index is 0.121. The molecule has 7 nitrogen and oxygen atoms in total. The van der Waals surface area contributed by atoms with Crippen LogP contribution in [-0.2, 0) is 0 Å². The smallest absolute Gasteiger partial charge is 0.211 e. The van der Waals surface area contributed by atoms with E-state index in [1.54, 1.807) is 6.92 Å². The predicted octanol–water partition coefficient (Wildman–Crippen LogP) is 4.39. The van der Waals surface area contributed by atoms with Crippen LogP contribution in [-0.4, -0.2) is 32.0 Å². The molecule has 0 amide bonds. The molecule has 37 heavy (non-hydrogen) atoms. The van der Waals surface area contributed by atoms with Crippen LogP contribution in [0.4, 0.5) is 0 Å². The third kappa shape index (κ3) is 4.05. The summed E-state index contributed by atoms with van der Waals surface area (Å²) in [7, 11) is 0. The maximum absolute atomic E-state index is 13.5. The number of nitrogens with zero attached hydrogens (tertiary/aromatic N) is 3. The number of nitrogens with one attached hydrogen (secondary N) is 3. The highest BCUT2D eigenvalue weighted by Gasteiger charge is 2.46. The molecular formula is C30H34N6O. The molecule has 0 saturated carbocycles. The number of aryl methyl sites for hydroxylation is 1. The van der Waals surface area contributed by atoms with Crippen molar-refractivity contribution in [1.29, 1.82) is 10.5 Å². The second-order valence-corrected chi connectivity index (χ2v) is 11.1. The minimum Gasteiger partial charge on any atom is -0.355 e. The topological polar surface area (TPSA) is 124 Å². The van der Waals surface area contributed by atoms with Crippen molar-refractivity contribution in [2.45, 2.75) is 74.3 Å². The van der Waals surface area contributed by atoms with Crippen LogP contribution in [0.5, 0.6) is 0 Å². The lowest BCUT2D eigenvalue weighted by atomic mass is 9.74. The zero-order valence-corrected chi connectivity index (χ0v) is 23.1. The number of carbonyl (C=O) groups is 1. The summed E-state index contributed by atoms with van der Waals surface area (Å²) in [6.07, 6.45) is 4.83. The fraction of sp³-hybridized carbons (Fsp3) is 0.400. The van der Waals surface area contributed by atoms with Crippen molar-refractivity contribution in [2.75, 3.05) is 0 Å². The maximum Gasteiger partial charge on any atom is 0.211 e. The predicted molar refractivity (Wildman–Crippen MR) is 146 cm³/mol. The van der Waals surface area contributed by atoms with Gasteiger partial charge in [-0.25, -0.2) is 0 Å². The van der Waals surface area contributed by atoms with E-state index in [4.69, 9.17) is 4.99 Å². The Morgan fingerprint density at radius 1 is 0.865 bits per heavy atom. The molecule has 0 radical (unpaired) electrons. The molecule has 7 heteroatoms. The van der Waals surface area contributed by atoms with E-state index in [1.165, 1.54) is 0 Å². The molecule has 4 rings (SSSR count). The molecule has 3 aromatic rings. The molecule has 0 saturated heterocycles. The Labute approximate surface area is 217 Å². The Hall–Kier alpha value is -4.10. The van der Waals surface area contributed by atoms with Crippen molar-refractivity contribution in [3.05, 3.63) is 66.9 Å². The number of nitriles is 2. The quantitative estimate of drug-likeness (QED) is 0.466. The summed E-state index contributed by atoms with van der Waals surface area (Å²) in [5, 5.41) is 21.0. The lowest BCUT2D eigenvalue weighted by Crippen LogP contribution is -2.34. The first-order valence-electron chi connectivity index (χ1n) is 12.5.